The SMILES string of the molecule is CCn1[nH]c(C)c(C(=O)c2ccc(S(C)(=O)=O)c(OCCOC)c2C)c1=O. The molecule has 1 aromatic carbocycles. The second kappa shape index (κ2) is 8.10. The maximum absolute atomic E-state index is 13.0. The lowest BCUT2D eigenvalue weighted by Crippen LogP contribution is -2.22. The van der Waals surface area contributed by atoms with Crippen LogP contribution in [0.15, 0.2) is 21.8 Å². The smallest absolute Gasteiger partial charge is 0.278 e. The molecular formula is C18H24N2O6S. The van der Waals surface area contributed by atoms with Crippen LogP contribution in [-0.2, 0) is 21.1 Å². The zero-order valence-corrected chi connectivity index (χ0v) is 16.9. The van der Waals surface area contributed by atoms with Crippen LogP contribution in [-0.4, -0.2) is 50.6 Å². The van der Waals surface area contributed by atoms with E-state index in [-0.39, 0.29) is 35.0 Å². The van der Waals surface area contributed by atoms with Crippen molar-refractivity contribution in [1.82, 2.24) is 9.78 Å². The van der Waals surface area contributed by atoms with Crippen molar-refractivity contribution in [2.45, 2.75) is 32.2 Å². The monoisotopic (exact) mass is 396 g/mol. The standard InChI is InChI=1S/C18H24N2O6S/c1-6-20-18(22)15(12(3)19-20)16(21)13-7-8-14(27(5,23)24)17(11(13)2)26-10-9-25-4/h7-8,19H,6,9-10H2,1-5H3. The van der Waals surface area contributed by atoms with Gasteiger partial charge in [0.15, 0.2) is 9.84 Å². The summed E-state index contributed by atoms with van der Waals surface area (Å²) < 4.78 is 36.1. The third-order valence-electron chi connectivity index (χ3n) is 4.23. The van der Waals surface area contributed by atoms with Crippen molar-refractivity contribution >= 4 is 15.6 Å². The van der Waals surface area contributed by atoms with E-state index >= 15 is 0 Å². The number of aryl methyl sites for hydroxylation is 2. The molecule has 0 aliphatic carbocycles. The number of aromatic amines is 1. The molecule has 0 atom stereocenters. The van der Waals surface area contributed by atoms with E-state index < -0.39 is 21.2 Å². The Hall–Kier alpha value is -2.39. The van der Waals surface area contributed by atoms with Crippen molar-refractivity contribution in [2.75, 3.05) is 26.6 Å². The molecule has 0 saturated heterocycles. The fraction of sp³-hybridized carbons (Fsp3) is 0.444. The number of carbonyl (C=O) groups is 1. The molecule has 1 aromatic heterocycles. The van der Waals surface area contributed by atoms with Crippen LogP contribution in [0.4, 0.5) is 0 Å². The first-order chi connectivity index (χ1) is 12.6. The summed E-state index contributed by atoms with van der Waals surface area (Å²) in [6.45, 7) is 5.84. The van der Waals surface area contributed by atoms with Crippen LogP contribution in [0.25, 0.3) is 0 Å². The molecule has 0 aliphatic rings. The van der Waals surface area contributed by atoms with Crippen molar-refractivity contribution in [2.24, 2.45) is 0 Å². The van der Waals surface area contributed by atoms with Crippen LogP contribution in [0.3, 0.4) is 0 Å². The molecule has 0 amide bonds. The van der Waals surface area contributed by atoms with Crippen molar-refractivity contribution in [1.29, 1.82) is 0 Å². The van der Waals surface area contributed by atoms with Gasteiger partial charge in [0, 0.05) is 36.7 Å². The van der Waals surface area contributed by atoms with Gasteiger partial charge in [-0.2, -0.15) is 0 Å². The first-order valence-corrected chi connectivity index (χ1v) is 10.3. The van der Waals surface area contributed by atoms with E-state index in [2.05, 4.69) is 5.10 Å². The van der Waals surface area contributed by atoms with Gasteiger partial charge in [-0.25, -0.2) is 8.42 Å². The van der Waals surface area contributed by atoms with Crippen LogP contribution in [0.2, 0.25) is 0 Å². The molecule has 148 valence electrons. The molecule has 0 aliphatic heterocycles. The summed E-state index contributed by atoms with van der Waals surface area (Å²) in [5.41, 5.74) is 0.669. The Morgan fingerprint density at radius 1 is 1.22 bits per heavy atom. The quantitative estimate of drug-likeness (QED) is 0.535. The number of nitrogens with one attached hydrogen (secondary N) is 1. The molecule has 2 rings (SSSR count). The zero-order valence-electron chi connectivity index (χ0n) is 16.1. The second-order valence-electron chi connectivity index (χ2n) is 6.17. The van der Waals surface area contributed by atoms with Crippen LogP contribution in [0, 0.1) is 13.8 Å². The van der Waals surface area contributed by atoms with Gasteiger partial charge in [0.05, 0.1) is 6.61 Å². The Balaban J connectivity index is 2.61. The maximum Gasteiger partial charge on any atom is 0.278 e. The largest absolute Gasteiger partial charge is 0.490 e. The minimum absolute atomic E-state index is 0.00980. The number of ketones is 1. The van der Waals surface area contributed by atoms with Gasteiger partial charge in [-0.15, -0.1) is 0 Å². The number of hydrogen-bond donors (Lipinski definition) is 1. The van der Waals surface area contributed by atoms with Gasteiger partial charge >= 0.3 is 0 Å². The first-order valence-electron chi connectivity index (χ1n) is 8.42. The number of hydrogen-bond acceptors (Lipinski definition) is 6. The molecule has 2 aromatic rings. The molecular weight excluding hydrogens is 372 g/mol. The molecule has 27 heavy (non-hydrogen) atoms. The van der Waals surface area contributed by atoms with Crippen molar-refractivity contribution in [3.8, 4) is 5.75 Å². The lowest BCUT2D eigenvalue weighted by Gasteiger charge is -2.15. The summed E-state index contributed by atoms with van der Waals surface area (Å²) >= 11 is 0. The van der Waals surface area contributed by atoms with Crippen LogP contribution >= 0.6 is 0 Å². The minimum atomic E-state index is -3.57. The molecule has 1 N–H and O–H groups in total. The van der Waals surface area contributed by atoms with E-state index in [0.29, 0.717) is 17.8 Å². The van der Waals surface area contributed by atoms with Gasteiger partial charge in [0.1, 0.15) is 22.8 Å². The fourth-order valence-electron chi connectivity index (χ4n) is 2.84. The normalized spacial score (nSPS) is 11.6. The van der Waals surface area contributed by atoms with E-state index in [0.717, 1.165) is 6.26 Å². The molecule has 9 heteroatoms. The number of nitrogens with zero attached hydrogens (tertiary/aromatic N) is 1. The molecule has 0 unspecified atom stereocenters. The molecule has 0 saturated carbocycles. The summed E-state index contributed by atoms with van der Waals surface area (Å²) in [6, 6.07) is 2.75. The maximum atomic E-state index is 13.0. The summed E-state index contributed by atoms with van der Waals surface area (Å²) in [6.07, 6.45) is 1.07. The fourth-order valence-corrected chi connectivity index (χ4v) is 3.70. The number of aromatic nitrogens is 2. The number of rotatable bonds is 8. The van der Waals surface area contributed by atoms with E-state index in [1.807, 2.05) is 0 Å². The molecule has 8 nitrogen and oxygen atoms in total. The Labute approximate surface area is 158 Å². The lowest BCUT2D eigenvalue weighted by molar-refractivity contribution is 0.103. The number of H-pyrrole nitrogens is 1. The summed E-state index contributed by atoms with van der Waals surface area (Å²) in [5.74, 6) is -0.375. The predicted octanol–water partition coefficient (Wildman–Crippen LogP) is 1.47. The number of ether oxygens (including phenoxy) is 2. The van der Waals surface area contributed by atoms with Gasteiger partial charge in [-0.05, 0) is 32.9 Å². The summed E-state index contributed by atoms with van der Waals surface area (Å²) in [5, 5.41) is 2.86. The highest BCUT2D eigenvalue weighted by molar-refractivity contribution is 7.90. The van der Waals surface area contributed by atoms with Crippen molar-refractivity contribution < 1.29 is 22.7 Å². The van der Waals surface area contributed by atoms with Crippen LogP contribution in [0.1, 0.15) is 34.1 Å². The van der Waals surface area contributed by atoms with E-state index in [4.69, 9.17) is 9.47 Å². The highest BCUT2D eigenvalue weighted by Gasteiger charge is 2.26. The highest BCUT2D eigenvalue weighted by Crippen LogP contribution is 2.31. The Morgan fingerprint density at radius 3 is 2.41 bits per heavy atom. The lowest BCUT2D eigenvalue weighted by atomic mass is 9.99. The minimum Gasteiger partial charge on any atom is -0.490 e. The van der Waals surface area contributed by atoms with Gasteiger partial charge in [-0.1, -0.05) is 0 Å². The number of sulfone groups is 1. The van der Waals surface area contributed by atoms with Gasteiger partial charge in [0.25, 0.3) is 5.56 Å². The van der Waals surface area contributed by atoms with Gasteiger partial charge < -0.3 is 9.47 Å². The Bertz CT molecular complexity index is 1020. The van der Waals surface area contributed by atoms with Crippen molar-refractivity contribution in [3.63, 3.8) is 0 Å². The average Bonchev–Trinajstić information content (AvgIpc) is 2.88. The Morgan fingerprint density at radius 2 is 1.89 bits per heavy atom. The molecule has 0 spiro atoms. The molecule has 0 bridgehead atoms. The summed E-state index contributed by atoms with van der Waals surface area (Å²) in [4.78, 5) is 25.4. The Kier molecular flexibility index (Phi) is 6.27. The zero-order chi connectivity index (χ0) is 20.4. The molecule has 1 heterocycles. The average molecular weight is 396 g/mol. The predicted molar refractivity (Wildman–Crippen MR) is 101 cm³/mol. The van der Waals surface area contributed by atoms with Gasteiger partial charge in [0.2, 0.25) is 5.78 Å². The highest BCUT2D eigenvalue weighted by atomic mass is 32.2. The topological polar surface area (TPSA) is 107 Å². The number of carbonyl (C=O) groups excluding carboxylic acids is 1. The van der Waals surface area contributed by atoms with E-state index in [1.165, 1.54) is 23.9 Å². The summed E-state index contributed by atoms with van der Waals surface area (Å²) in [7, 11) is -2.06. The van der Waals surface area contributed by atoms with Crippen LogP contribution < -0.4 is 10.3 Å². The molecule has 0 radical (unpaired) electrons. The number of methoxy groups -OCH3 is 1. The first kappa shape index (κ1) is 20.9. The van der Waals surface area contributed by atoms with Crippen molar-refractivity contribution in [3.05, 3.63) is 44.9 Å². The third-order valence-corrected chi connectivity index (χ3v) is 5.35. The van der Waals surface area contributed by atoms with Gasteiger partial charge in [-0.3, -0.25) is 19.4 Å². The second-order valence-corrected chi connectivity index (χ2v) is 8.15. The third kappa shape index (κ3) is 4.14. The van der Waals surface area contributed by atoms with Crippen LogP contribution in [0.5, 0.6) is 5.75 Å². The van der Waals surface area contributed by atoms with E-state index in [9.17, 15) is 18.0 Å². The molecule has 0 fully saturated rings. The number of benzene rings is 1. The van der Waals surface area contributed by atoms with E-state index in [1.54, 1.807) is 20.8 Å².